The number of halogens is 3. The van der Waals surface area contributed by atoms with Gasteiger partial charge in [-0.3, -0.25) is 9.11 Å². The Morgan fingerprint density at radius 2 is 1.88 bits per heavy atom. The highest BCUT2D eigenvalue weighted by molar-refractivity contribution is 14.1. The van der Waals surface area contributed by atoms with Crippen LogP contribution < -0.4 is 14.4 Å². The van der Waals surface area contributed by atoms with E-state index in [-0.39, 0.29) is 17.7 Å². The van der Waals surface area contributed by atoms with E-state index in [2.05, 4.69) is 19.6 Å². The standard InChI is InChI=1S/C26H25F2IN6O4S/c1-38-22-13-21-19(12-18(22)17-4-2-5-20(23(17)28)34-40(36,37)11-3-6-27)25(35-7-9-39-10-8-35)33-24(32-21)16-14-30-26(29)31-15-16/h2,4-5,12-15,34H,3,6-11H2,1H3. The van der Waals surface area contributed by atoms with Gasteiger partial charge in [-0.25, -0.2) is 32.7 Å². The monoisotopic (exact) mass is 682 g/mol. The molecule has 1 aliphatic heterocycles. The molecule has 0 spiro atoms. The Labute approximate surface area is 243 Å². The van der Waals surface area contributed by atoms with Gasteiger partial charge < -0.3 is 14.4 Å². The largest absolute Gasteiger partial charge is 0.496 e. The molecule has 5 rings (SSSR count). The van der Waals surface area contributed by atoms with Crippen LogP contribution in [0.15, 0.2) is 42.7 Å². The Hall–Kier alpha value is -3.24. The van der Waals surface area contributed by atoms with E-state index < -0.39 is 28.3 Å². The van der Waals surface area contributed by atoms with Gasteiger partial charge in [-0.1, -0.05) is 12.1 Å². The van der Waals surface area contributed by atoms with Crippen molar-refractivity contribution >= 4 is 55.0 Å². The summed E-state index contributed by atoms with van der Waals surface area (Å²) in [5.74, 6) is 0.150. The summed E-state index contributed by atoms with van der Waals surface area (Å²) < 4.78 is 67.0. The summed E-state index contributed by atoms with van der Waals surface area (Å²) in [4.78, 5) is 20.2. The molecule has 1 aliphatic rings. The number of nitrogens with one attached hydrogen (secondary N) is 1. The summed E-state index contributed by atoms with van der Waals surface area (Å²) in [5.41, 5.74) is 1.47. The number of nitrogens with zero attached hydrogens (tertiary/aromatic N) is 5. The molecule has 0 aliphatic carbocycles. The van der Waals surface area contributed by atoms with Crippen molar-refractivity contribution in [1.29, 1.82) is 0 Å². The van der Waals surface area contributed by atoms with Gasteiger partial charge in [0.05, 0.1) is 49.5 Å². The first-order chi connectivity index (χ1) is 19.3. The minimum Gasteiger partial charge on any atom is -0.496 e. The average Bonchev–Trinajstić information content (AvgIpc) is 2.96. The summed E-state index contributed by atoms with van der Waals surface area (Å²) in [5, 5.41) is 0.654. The number of hydrogen-bond donors (Lipinski definition) is 1. The summed E-state index contributed by atoms with van der Waals surface area (Å²) in [7, 11) is -2.47. The van der Waals surface area contributed by atoms with Crippen LogP contribution in [0.3, 0.4) is 0 Å². The molecule has 0 unspecified atom stereocenters. The first-order valence-electron chi connectivity index (χ1n) is 12.4. The van der Waals surface area contributed by atoms with Crippen molar-refractivity contribution in [2.45, 2.75) is 6.42 Å². The van der Waals surface area contributed by atoms with Crippen LogP contribution in [0.4, 0.5) is 20.3 Å². The summed E-state index contributed by atoms with van der Waals surface area (Å²) >= 11 is 2.02. The fraction of sp³-hybridized carbons (Fsp3) is 0.308. The van der Waals surface area contributed by atoms with Crippen molar-refractivity contribution in [3.05, 3.63) is 52.4 Å². The first kappa shape index (κ1) is 28.3. The van der Waals surface area contributed by atoms with E-state index in [4.69, 9.17) is 19.4 Å². The lowest BCUT2D eigenvalue weighted by atomic mass is 10.0. The number of hydrogen-bond acceptors (Lipinski definition) is 9. The third kappa shape index (κ3) is 6.07. The van der Waals surface area contributed by atoms with Gasteiger partial charge in [0.2, 0.25) is 10.0 Å². The normalized spacial score (nSPS) is 13.9. The molecular formula is C26H25F2IN6O4S. The molecule has 1 N–H and O–H groups in total. The fourth-order valence-corrected chi connectivity index (χ4v) is 5.74. The number of rotatable bonds is 9. The second-order valence-corrected chi connectivity index (χ2v) is 11.7. The molecule has 0 saturated carbocycles. The van der Waals surface area contributed by atoms with Crippen LogP contribution in [0.1, 0.15) is 6.42 Å². The molecule has 4 aromatic rings. The zero-order valence-electron chi connectivity index (χ0n) is 21.4. The molecule has 40 heavy (non-hydrogen) atoms. The highest BCUT2D eigenvalue weighted by Gasteiger charge is 2.23. The SMILES string of the molecule is COc1cc2nc(-c3cnc(I)nc3)nc(N3CCOCC3)c2cc1-c1cccc(NS(=O)(=O)CCCF)c1F. The van der Waals surface area contributed by atoms with Crippen molar-refractivity contribution in [1.82, 2.24) is 19.9 Å². The van der Waals surface area contributed by atoms with E-state index >= 15 is 4.39 Å². The van der Waals surface area contributed by atoms with Gasteiger partial charge in [0.1, 0.15) is 11.6 Å². The number of alkyl halides is 1. The van der Waals surface area contributed by atoms with E-state index in [9.17, 15) is 12.8 Å². The summed E-state index contributed by atoms with van der Waals surface area (Å²) in [6, 6.07) is 7.83. The lowest BCUT2D eigenvalue weighted by Crippen LogP contribution is -2.37. The number of anilines is 2. The minimum atomic E-state index is -3.93. The van der Waals surface area contributed by atoms with Crippen LogP contribution in [0.25, 0.3) is 33.4 Å². The average molecular weight is 682 g/mol. The lowest BCUT2D eigenvalue weighted by Gasteiger charge is -2.29. The number of fused-ring (bicyclic) bond motifs is 1. The quantitative estimate of drug-likeness (QED) is 0.202. The molecular weight excluding hydrogens is 657 g/mol. The molecule has 0 amide bonds. The van der Waals surface area contributed by atoms with Crippen LogP contribution in [0, 0.1) is 9.65 Å². The zero-order chi connectivity index (χ0) is 28.3. The predicted molar refractivity (Wildman–Crippen MR) is 156 cm³/mol. The van der Waals surface area contributed by atoms with Crippen LogP contribution in [0.2, 0.25) is 0 Å². The van der Waals surface area contributed by atoms with Gasteiger partial charge in [0.25, 0.3) is 0 Å². The molecule has 1 saturated heterocycles. The van der Waals surface area contributed by atoms with Gasteiger partial charge in [-0.15, -0.1) is 0 Å². The number of sulfonamides is 1. The first-order valence-corrected chi connectivity index (χ1v) is 15.1. The number of ether oxygens (including phenoxy) is 2. The topological polar surface area (TPSA) is 119 Å². The Morgan fingerprint density at radius 3 is 2.58 bits per heavy atom. The highest BCUT2D eigenvalue weighted by Crippen LogP contribution is 2.40. The van der Waals surface area contributed by atoms with Crippen molar-refractivity contribution in [2.75, 3.05) is 55.5 Å². The molecule has 14 heteroatoms. The molecule has 3 heterocycles. The molecule has 210 valence electrons. The number of aromatic nitrogens is 4. The highest BCUT2D eigenvalue weighted by atomic mass is 127. The fourth-order valence-electron chi connectivity index (χ4n) is 4.37. The third-order valence-electron chi connectivity index (χ3n) is 6.29. The molecule has 0 bridgehead atoms. The van der Waals surface area contributed by atoms with Gasteiger partial charge in [0, 0.05) is 70.7 Å². The molecule has 0 radical (unpaired) electrons. The number of methoxy groups -OCH3 is 1. The van der Waals surface area contributed by atoms with E-state index in [1.807, 2.05) is 22.6 Å². The predicted octanol–water partition coefficient (Wildman–Crippen LogP) is 4.44. The van der Waals surface area contributed by atoms with Crippen LogP contribution in [0.5, 0.6) is 5.75 Å². The van der Waals surface area contributed by atoms with Gasteiger partial charge >= 0.3 is 0 Å². The molecule has 10 nitrogen and oxygen atoms in total. The van der Waals surface area contributed by atoms with Crippen molar-refractivity contribution in [2.24, 2.45) is 0 Å². The van der Waals surface area contributed by atoms with Gasteiger partial charge in [-0.2, -0.15) is 0 Å². The Balaban J connectivity index is 1.66. The second kappa shape index (κ2) is 12.1. The van der Waals surface area contributed by atoms with E-state index in [0.717, 1.165) is 0 Å². The van der Waals surface area contributed by atoms with E-state index in [0.29, 0.717) is 69.6 Å². The van der Waals surface area contributed by atoms with Crippen molar-refractivity contribution in [3.8, 4) is 28.3 Å². The Morgan fingerprint density at radius 1 is 1.12 bits per heavy atom. The lowest BCUT2D eigenvalue weighted by molar-refractivity contribution is 0.122. The maximum atomic E-state index is 15.8. The smallest absolute Gasteiger partial charge is 0.232 e. The molecule has 2 aromatic heterocycles. The number of morpholine rings is 1. The van der Waals surface area contributed by atoms with Crippen LogP contribution in [-0.4, -0.2) is 74.2 Å². The Kier molecular flexibility index (Phi) is 8.56. The van der Waals surface area contributed by atoms with Crippen molar-refractivity contribution in [3.63, 3.8) is 0 Å². The maximum absolute atomic E-state index is 15.8. The van der Waals surface area contributed by atoms with Gasteiger partial charge in [0.15, 0.2) is 15.5 Å². The van der Waals surface area contributed by atoms with E-state index in [1.54, 1.807) is 24.5 Å². The minimum absolute atomic E-state index is 0.118. The van der Waals surface area contributed by atoms with Crippen molar-refractivity contribution < 1.29 is 26.7 Å². The third-order valence-corrected chi connectivity index (χ3v) is 8.20. The molecule has 0 atom stereocenters. The summed E-state index contributed by atoms with van der Waals surface area (Å²) in [6.07, 6.45) is 3.12. The maximum Gasteiger partial charge on any atom is 0.232 e. The van der Waals surface area contributed by atoms with Crippen LogP contribution >= 0.6 is 22.6 Å². The van der Waals surface area contributed by atoms with E-state index in [1.165, 1.54) is 25.3 Å². The second-order valence-electron chi connectivity index (χ2n) is 8.91. The number of benzene rings is 2. The summed E-state index contributed by atoms with van der Waals surface area (Å²) in [6.45, 7) is 1.45. The van der Waals surface area contributed by atoms with Gasteiger partial charge in [-0.05, 0) is 18.6 Å². The van der Waals surface area contributed by atoms with Crippen LogP contribution in [-0.2, 0) is 14.8 Å². The zero-order valence-corrected chi connectivity index (χ0v) is 24.4. The molecule has 1 fully saturated rings. The Bertz CT molecular complexity index is 1640. The molecule has 2 aromatic carbocycles.